The molecule has 0 radical (unpaired) electrons. The van der Waals surface area contributed by atoms with Gasteiger partial charge in [-0.2, -0.15) is 0 Å². The van der Waals surface area contributed by atoms with Crippen LogP contribution in [-0.2, 0) is 4.74 Å². The van der Waals surface area contributed by atoms with Crippen molar-refractivity contribution in [3.8, 4) is 0 Å². The summed E-state index contributed by atoms with van der Waals surface area (Å²) in [6.07, 6.45) is 0. The Morgan fingerprint density at radius 3 is 2.93 bits per heavy atom. The van der Waals surface area contributed by atoms with Crippen LogP contribution in [-0.4, -0.2) is 19.8 Å². The molecular weight excluding hydrogens is 205 g/mol. The van der Waals surface area contributed by atoms with E-state index in [0.717, 1.165) is 18.7 Å². The summed E-state index contributed by atoms with van der Waals surface area (Å²) in [5.41, 5.74) is 0.958. The first-order valence-electron chi connectivity index (χ1n) is 4.43. The van der Waals surface area contributed by atoms with Crippen LogP contribution in [0.25, 0.3) is 0 Å². The van der Waals surface area contributed by atoms with Crippen molar-refractivity contribution in [3.63, 3.8) is 0 Å². The Kier molecular flexibility index (Phi) is 4.32. The minimum absolute atomic E-state index is 0. The van der Waals surface area contributed by atoms with E-state index in [1.165, 1.54) is 6.07 Å². The smallest absolute Gasteiger partial charge is 0.123 e. The predicted molar refractivity (Wildman–Crippen MR) is 55.2 cm³/mol. The Morgan fingerprint density at radius 1 is 1.43 bits per heavy atom. The van der Waals surface area contributed by atoms with Crippen molar-refractivity contribution >= 4 is 12.4 Å². The molecule has 14 heavy (non-hydrogen) atoms. The minimum atomic E-state index is -0.190. The Balaban J connectivity index is 0.000000980. The first-order valence-corrected chi connectivity index (χ1v) is 4.43. The lowest BCUT2D eigenvalue weighted by Crippen LogP contribution is -2.34. The van der Waals surface area contributed by atoms with E-state index in [0.29, 0.717) is 6.61 Å². The molecule has 2 nitrogen and oxygen atoms in total. The summed E-state index contributed by atoms with van der Waals surface area (Å²) >= 11 is 0. The van der Waals surface area contributed by atoms with Crippen LogP contribution >= 0.6 is 12.4 Å². The van der Waals surface area contributed by atoms with Crippen LogP contribution < -0.4 is 5.32 Å². The van der Waals surface area contributed by atoms with Gasteiger partial charge < -0.3 is 10.1 Å². The highest BCUT2D eigenvalue weighted by Gasteiger charge is 2.14. The summed E-state index contributed by atoms with van der Waals surface area (Å²) < 4.78 is 18.1. The zero-order chi connectivity index (χ0) is 9.10. The van der Waals surface area contributed by atoms with Crippen molar-refractivity contribution in [2.24, 2.45) is 0 Å². The molecule has 1 aromatic carbocycles. The number of nitrogens with one attached hydrogen (secondary N) is 1. The maximum absolute atomic E-state index is 12.9. The van der Waals surface area contributed by atoms with Gasteiger partial charge in [0, 0.05) is 6.54 Å². The molecule has 1 heterocycles. The monoisotopic (exact) mass is 217 g/mol. The molecule has 4 heteroatoms. The van der Waals surface area contributed by atoms with Gasteiger partial charge >= 0.3 is 0 Å². The van der Waals surface area contributed by atoms with Crippen LogP contribution in [0, 0.1) is 5.82 Å². The van der Waals surface area contributed by atoms with Gasteiger partial charge in [0.2, 0.25) is 0 Å². The van der Waals surface area contributed by atoms with E-state index in [-0.39, 0.29) is 24.3 Å². The van der Waals surface area contributed by atoms with E-state index in [4.69, 9.17) is 4.74 Å². The molecule has 1 N–H and O–H groups in total. The number of halogens is 2. The topological polar surface area (TPSA) is 21.3 Å². The minimum Gasteiger partial charge on any atom is -0.378 e. The highest BCUT2D eigenvalue weighted by molar-refractivity contribution is 5.85. The molecule has 2 rings (SSSR count). The number of morpholine rings is 1. The summed E-state index contributed by atoms with van der Waals surface area (Å²) in [5.74, 6) is -0.190. The third kappa shape index (κ3) is 2.67. The zero-order valence-corrected chi connectivity index (χ0v) is 8.52. The summed E-state index contributed by atoms with van der Waals surface area (Å²) in [5, 5.41) is 3.27. The standard InChI is InChI=1S/C10H12FNO.ClH/c11-9-3-1-2-8(6-9)10-7-13-5-4-12-10;/h1-3,6,10,12H,4-5,7H2;1H/t10-;/m1./s1. The van der Waals surface area contributed by atoms with Crippen LogP contribution in [0.4, 0.5) is 4.39 Å². The van der Waals surface area contributed by atoms with Gasteiger partial charge in [-0.25, -0.2) is 4.39 Å². The van der Waals surface area contributed by atoms with E-state index in [1.807, 2.05) is 6.07 Å². The van der Waals surface area contributed by atoms with Gasteiger partial charge in [0.1, 0.15) is 5.82 Å². The second-order valence-corrected chi connectivity index (χ2v) is 3.14. The maximum Gasteiger partial charge on any atom is 0.123 e. The number of benzene rings is 1. The Morgan fingerprint density at radius 2 is 2.29 bits per heavy atom. The van der Waals surface area contributed by atoms with E-state index in [9.17, 15) is 4.39 Å². The molecule has 0 aliphatic carbocycles. The normalized spacial score (nSPS) is 21.4. The molecule has 0 saturated carbocycles. The average Bonchev–Trinajstić information content (AvgIpc) is 2.19. The molecule has 0 spiro atoms. The highest BCUT2D eigenvalue weighted by atomic mass is 35.5. The quantitative estimate of drug-likeness (QED) is 0.776. The van der Waals surface area contributed by atoms with Crippen LogP contribution in [0.5, 0.6) is 0 Å². The fourth-order valence-corrected chi connectivity index (χ4v) is 1.50. The first kappa shape index (κ1) is 11.4. The number of rotatable bonds is 1. The third-order valence-corrected chi connectivity index (χ3v) is 2.17. The maximum atomic E-state index is 12.9. The third-order valence-electron chi connectivity index (χ3n) is 2.17. The molecule has 0 aromatic heterocycles. The summed E-state index contributed by atoms with van der Waals surface area (Å²) in [4.78, 5) is 0. The molecule has 0 amide bonds. The lowest BCUT2D eigenvalue weighted by atomic mass is 10.1. The fourth-order valence-electron chi connectivity index (χ4n) is 1.50. The molecule has 1 aliphatic heterocycles. The number of hydrogen-bond acceptors (Lipinski definition) is 2. The lowest BCUT2D eigenvalue weighted by molar-refractivity contribution is 0.0768. The van der Waals surface area contributed by atoms with Crippen molar-refractivity contribution in [2.75, 3.05) is 19.8 Å². The van der Waals surface area contributed by atoms with Crippen molar-refractivity contribution in [3.05, 3.63) is 35.6 Å². The van der Waals surface area contributed by atoms with Crippen LogP contribution in [0.15, 0.2) is 24.3 Å². The molecule has 1 aromatic rings. The SMILES string of the molecule is Cl.Fc1cccc([C@H]2COCCN2)c1. The second-order valence-electron chi connectivity index (χ2n) is 3.14. The lowest BCUT2D eigenvalue weighted by Gasteiger charge is -2.24. The van der Waals surface area contributed by atoms with Crippen LogP contribution in [0.3, 0.4) is 0 Å². The summed E-state index contributed by atoms with van der Waals surface area (Å²) in [7, 11) is 0. The van der Waals surface area contributed by atoms with E-state index in [1.54, 1.807) is 12.1 Å². The Hall–Kier alpha value is -0.640. The summed E-state index contributed by atoms with van der Waals surface area (Å²) in [6.45, 7) is 2.20. The number of hydrogen-bond donors (Lipinski definition) is 1. The van der Waals surface area contributed by atoms with Crippen molar-refractivity contribution < 1.29 is 9.13 Å². The van der Waals surface area contributed by atoms with Gasteiger partial charge in [-0.15, -0.1) is 12.4 Å². The van der Waals surface area contributed by atoms with E-state index < -0.39 is 0 Å². The van der Waals surface area contributed by atoms with Crippen molar-refractivity contribution in [2.45, 2.75) is 6.04 Å². The second kappa shape index (κ2) is 5.29. The predicted octanol–water partition coefficient (Wildman–Crippen LogP) is 1.91. The van der Waals surface area contributed by atoms with Gasteiger partial charge in [-0.05, 0) is 17.7 Å². The molecule has 78 valence electrons. The van der Waals surface area contributed by atoms with Gasteiger partial charge in [-0.1, -0.05) is 12.1 Å². The average molecular weight is 218 g/mol. The van der Waals surface area contributed by atoms with E-state index >= 15 is 0 Å². The Bertz CT molecular complexity index is 289. The largest absolute Gasteiger partial charge is 0.378 e. The summed E-state index contributed by atoms with van der Waals surface area (Å²) in [6, 6.07) is 6.78. The van der Waals surface area contributed by atoms with Gasteiger partial charge in [0.25, 0.3) is 0 Å². The van der Waals surface area contributed by atoms with Gasteiger partial charge in [0.05, 0.1) is 19.3 Å². The van der Waals surface area contributed by atoms with Gasteiger partial charge in [-0.3, -0.25) is 0 Å². The first-order chi connectivity index (χ1) is 6.36. The molecule has 1 saturated heterocycles. The molecule has 1 aliphatic rings. The fraction of sp³-hybridized carbons (Fsp3) is 0.400. The zero-order valence-electron chi connectivity index (χ0n) is 7.70. The Labute approximate surface area is 88.9 Å². The van der Waals surface area contributed by atoms with Crippen molar-refractivity contribution in [1.82, 2.24) is 5.32 Å². The van der Waals surface area contributed by atoms with Crippen molar-refractivity contribution in [1.29, 1.82) is 0 Å². The molecule has 0 unspecified atom stereocenters. The van der Waals surface area contributed by atoms with Gasteiger partial charge in [0.15, 0.2) is 0 Å². The van der Waals surface area contributed by atoms with E-state index in [2.05, 4.69) is 5.32 Å². The molecular formula is C10H13ClFNO. The molecule has 0 bridgehead atoms. The number of ether oxygens (including phenoxy) is 1. The molecule has 1 fully saturated rings. The van der Waals surface area contributed by atoms with Crippen LogP contribution in [0.1, 0.15) is 11.6 Å². The highest BCUT2D eigenvalue weighted by Crippen LogP contribution is 2.16. The van der Waals surface area contributed by atoms with Crippen LogP contribution in [0.2, 0.25) is 0 Å². The molecule has 1 atom stereocenters.